The van der Waals surface area contributed by atoms with Gasteiger partial charge in [0.05, 0.1) is 5.56 Å². The number of aliphatic hydroxyl groups is 2. The van der Waals surface area contributed by atoms with Crippen molar-refractivity contribution in [3.63, 3.8) is 0 Å². The number of aryl methyl sites for hydroxylation is 1. The first-order valence-corrected chi connectivity index (χ1v) is 10.3. The molecule has 0 aliphatic heterocycles. The molecule has 33 heavy (non-hydrogen) atoms. The van der Waals surface area contributed by atoms with Crippen molar-refractivity contribution in [3.8, 4) is 28.7 Å². The lowest BCUT2D eigenvalue weighted by molar-refractivity contribution is -0.154. The Morgan fingerprint density at radius 1 is 1.18 bits per heavy atom. The molecule has 1 unspecified atom stereocenters. The third-order valence-electron chi connectivity index (χ3n) is 5.64. The van der Waals surface area contributed by atoms with E-state index in [9.17, 15) is 23.4 Å². The predicted octanol–water partition coefficient (Wildman–Crippen LogP) is 3.95. The number of benzene rings is 1. The van der Waals surface area contributed by atoms with Crippen molar-refractivity contribution in [3.05, 3.63) is 47.8 Å². The van der Waals surface area contributed by atoms with Gasteiger partial charge in [0.25, 0.3) is 5.89 Å². The number of nitrogens with one attached hydrogen (secondary N) is 1. The van der Waals surface area contributed by atoms with Crippen LogP contribution in [0.5, 0.6) is 5.88 Å². The molecule has 1 aliphatic rings. The summed E-state index contributed by atoms with van der Waals surface area (Å²) in [7, 11) is 0. The van der Waals surface area contributed by atoms with Crippen LogP contribution in [0.25, 0.3) is 33.7 Å². The molecule has 5 rings (SSSR count). The number of aromatic nitrogens is 4. The third kappa shape index (κ3) is 4.41. The molecular weight excluding hydrogens is 441 g/mol. The zero-order valence-corrected chi connectivity index (χ0v) is 17.1. The molecule has 0 amide bonds. The maximum Gasteiger partial charge on any atom is 0.422 e. The Bertz CT molecular complexity index is 1280. The summed E-state index contributed by atoms with van der Waals surface area (Å²) in [4.78, 5) is 11.6. The van der Waals surface area contributed by atoms with Gasteiger partial charge in [0.15, 0.2) is 12.9 Å². The number of rotatable bonds is 6. The smallest absolute Gasteiger partial charge is 0.422 e. The van der Waals surface area contributed by atoms with Gasteiger partial charge >= 0.3 is 6.18 Å². The molecular formula is C22H19F3N4O4. The molecule has 3 aromatic heterocycles. The van der Waals surface area contributed by atoms with E-state index in [1.807, 2.05) is 18.2 Å². The number of halogens is 3. The second-order valence-electron chi connectivity index (χ2n) is 7.94. The molecule has 172 valence electrons. The van der Waals surface area contributed by atoms with Gasteiger partial charge in [-0.2, -0.15) is 18.2 Å². The maximum atomic E-state index is 12.3. The quantitative estimate of drug-likeness (QED) is 0.373. The van der Waals surface area contributed by atoms with Crippen molar-refractivity contribution < 1.29 is 32.6 Å². The molecule has 11 heteroatoms. The number of H-pyrrole nitrogens is 1. The van der Waals surface area contributed by atoms with Crippen LogP contribution in [0.3, 0.4) is 0 Å². The van der Waals surface area contributed by atoms with E-state index in [4.69, 9.17) is 4.52 Å². The normalized spacial score (nSPS) is 16.0. The Kier molecular flexibility index (Phi) is 5.29. The molecule has 3 heterocycles. The van der Waals surface area contributed by atoms with Gasteiger partial charge < -0.3 is 24.5 Å². The van der Waals surface area contributed by atoms with Crippen LogP contribution >= 0.6 is 0 Å². The fourth-order valence-electron chi connectivity index (χ4n) is 4.18. The Morgan fingerprint density at radius 2 is 2.00 bits per heavy atom. The first-order chi connectivity index (χ1) is 15.8. The zero-order chi connectivity index (χ0) is 23.2. The van der Waals surface area contributed by atoms with Gasteiger partial charge in [-0.15, -0.1) is 0 Å². The fourth-order valence-corrected chi connectivity index (χ4v) is 4.18. The fraction of sp³-hybridized carbons (Fsp3) is 0.318. The number of aromatic amines is 1. The number of pyridine rings is 1. The van der Waals surface area contributed by atoms with E-state index in [-0.39, 0.29) is 24.1 Å². The Hall–Kier alpha value is -3.44. The minimum Gasteiger partial charge on any atom is -0.468 e. The van der Waals surface area contributed by atoms with Crippen LogP contribution in [0.15, 0.2) is 41.1 Å². The molecule has 8 nitrogen and oxygen atoms in total. The summed E-state index contributed by atoms with van der Waals surface area (Å²) in [6, 6.07) is 8.53. The summed E-state index contributed by atoms with van der Waals surface area (Å²) in [5.41, 5.74) is 4.32. The van der Waals surface area contributed by atoms with Gasteiger partial charge in [-0.3, -0.25) is 0 Å². The minimum absolute atomic E-state index is 0.0724. The number of hydrogen-bond donors (Lipinski definition) is 3. The van der Waals surface area contributed by atoms with Crippen LogP contribution in [-0.2, 0) is 6.42 Å². The van der Waals surface area contributed by atoms with Crippen LogP contribution in [0, 0.1) is 0 Å². The van der Waals surface area contributed by atoms with Crippen LogP contribution in [0.2, 0.25) is 0 Å². The lowest BCUT2D eigenvalue weighted by Gasteiger charge is -2.10. The Labute approximate surface area is 185 Å². The first-order valence-electron chi connectivity index (χ1n) is 10.3. The number of aliphatic hydroxyl groups excluding tert-OH is 1. The largest absolute Gasteiger partial charge is 0.468 e. The van der Waals surface area contributed by atoms with E-state index in [0.29, 0.717) is 11.4 Å². The van der Waals surface area contributed by atoms with Gasteiger partial charge in [-0.1, -0.05) is 5.16 Å². The lowest BCUT2D eigenvalue weighted by Crippen LogP contribution is -2.19. The van der Waals surface area contributed by atoms with Crippen LogP contribution in [-0.4, -0.2) is 49.4 Å². The summed E-state index contributed by atoms with van der Waals surface area (Å²) in [5, 5.41) is 23.7. The van der Waals surface area contributed by atoms with Crippen LogP contribution < -0.4 is 4.74 Å². The van der Waals surface area contributed by atoms with Crippen molar-refractivity contribution in [2.24, 2.45) is 0 Å². The van der Waals surface area contributed by atoms with Crippen LogP contribution in [0.4, 0.5) is 13.2 Å². The highest BCUT2D eigenvalue weighted by Crippen LogP contribution is 2.40. The van der Waals surface area contributed by atoms with Crippen LogP contribution in [0.1, 0.15) is 30.0 Å². The van der Waals surface area contributed by atoms with Gasteiger partial charge in [0.2, 0.25) is 11.7 Å². The monoisotopic (exact) mass is 460 g/mol. The zero-order valence-electron chi connectivity index (χ0n) is 17.1. The topological polar surface area (TPSA) is 117 Å². The number of fused-ring (bicyclic) bond motifs is 3. The van der Waals surface area contributed by atoms with E-state index in [1.165, 1.54) is 18.3 Å². The number of ether oxygens (including phenoxy) is 1. The summed E-state index contributed by atoms with van der Waals surface area (Å²) in [6.07, 6.45) is -2.51. The molecule has 0 saturated heterocycles. The van der Waals surface area contributed by atoms with E-state index in [1.54, 1.807) is 0 Å². The Balaban J connectivity index is 1.37. The third-order valence-corrected chi connectivity index (χ3v) is 5.64. The molecule has 0 saturated carbocycles. The molecule has 1 aliphatic carbocycles. The van der Waals surface area contributed by atoms with Crippen molar-refractivity contribution in [1.29, 1.82) is 0 Å². The molecule has 0 bridgehead atoms. The molecule has 1 aromatic carbocycles. The molecule has 3 N–H and O–H groups in total. The van der Waals surface area contributed by atoms with E-state index in [0.717, 1.165) is 40.6 Å². The SMILES string of the molecule is OC(O)CC1CCc2c1[nH]c1ccc(-c3noc(-c4ccc(OCC(F)(F)F)nc4)n3)cc21. The molecule has 4 aromatic rings. The summed E-state index contributed by atoms with van der Waals surface area (Å²) in [6.45, 7) is -1.42. The summed E-state index contributed by atoms with van der Waals surface area (Å²) >= 11 is 0. The summed E-state index contributed by atoms with van der Waals surface area (Å²) < 4.78 is 46.7. The molecule has 0 spiro atoms. The van der Waals surface area contributed by atoms with Crippen molar-refractivity contribution in [2.75, 3.05) is 6.61 Å². The molecule has 0 fully saturated rings. The van der Waals surface area contributed by atoms with Gasteiger partial charge in [-0.25, -0.2) is 4.98 Å². The minimum atomic E-state index is -4.44. The number of hydrogen-bond acceptors (Lipinski definition) is 7. The summed E-state index contributed by atoms with van der Waals surface area (Å²) in [5.74, 6) is 0.452. The first kappa shape index (κ1) is 21.4. The average Bonchev–Trinajstić information content (AvgIpc) is 3.48. The van der Waals surface area contributed by atoms with E-state index in [2.05, 4.69) is 24.8 Å². The van der Waals surface area contributed by atoms with Crippen molar-refractivity contribution >= 4 is 10.9 Å². The number of nitrogens with zero attached hydrogens (tertiary/aromatic N) is 3. The van der Waals surface area contributed by atoms with Gasteiger partial charge in [0.1, 0.15) is 0 Å². The van der Waals surface area contributed by atoms with Crippen molar-refractivity contribution in [2.45, 2.75) is 37.6 Å². The highest BCUT2D eigenvalue weighted by molar-refractivity contribution is 5.89. The average molecular weight is 460 g/mol. The molecule has 1 atom stereocenters. The highest BCUT2D eigenvalue weighted by Gasteiger charge is 2.29. The van der Waals surface area contributed by atoms with Gasteiger partial charge in [-0.05, 0) is 42.7 Å². The standard InChI is InChI=1S/C22H19F3N4O4/c23-22(24,25)10-32-17-6-3-13(9-26-17)21-28-20(29-33-21)12-2-5-16-15(7-12)14-4-1-11(8-18(30)31)19(14)27-16/h2-3,5-7,9,11,18,27,30-31H,1,4,8,10H2. The second kappa shape index (κ2) is 8.16. The highest BCUT2D eigenvalue weighted by atomic mass is 19.4. The Morgan fingerprint density at radius 3 is 2.73 bits per heavy atom. The maximum absolute atomic E-state index is 12.3. The second-order valence-corrected chi connectivity index (χ2v) is 7.94. The van der Waals surface area contributed by atoms with Gasteiger partial charge in [0, 0.05) is 46.8 Å². The number of alkyl halides is 3. The lowest BCUT2D eigenvalue weighted by atomic mass is 10.0. The van der Waals surface area contributed by atoms with E-state index >= 15 is 0 Å². The molecule has 0 radical (unpaired) electrons. The predicted molar refractivity (Wildman–Crippen MR) is 110 cm³/mol. The van der Waals surface area contributed by atoms with E-state index < -0.39 is 19.1 Å². The van der Waals surface area contributed by atoms with Crippen molar-refractivity contribution in [1.82, 2.24) is 20.1 Å².